The van der Waals surface area contributed by atoms with E-state index < -0.39 is 15.3 Å². The van der Waals surface area contributed by atoms with Crippen molar-refractivity contribution in [1.29, 1.82) is 0 Å². The van der Waals surface area contributed by atoms with E-state index in [4.69, 9.17) is 23.2 Å². The molecule has 0 aliphatic carbocycles. The summed E-state index contributed by atoms with van der Waals surface area (Å²) in [5.41, 5.74) is 1.60. The quantitative estimate of drug-likeness (QED) is 0.454. The molecule has 156 valence electrons. The Morgan fingerprint density at radius 1 is 1.13 bits per heavy atom. The van der Waals surface area contributed by atoms with Crippen molar-refractivity contribution in [3.8, 4) is 10.6 Å². The second kappa shape index (κ2) is 9.13. The summed E-state index contributed by atoms with van der Waals surface area (Å²) >= 11 is 13.4. The van der Waals surface area contributed by atoms with Gasteiger partial charge in [0.2, 0.25) is 21.1 Å². The summed E-state index contributed by atoms with van der Waals surface area (Å²) in [4.78, 5) is 11.1. The minimum Gasteiger partial charge on any atom is -0.326 e. The van der Waals surface area contributed by atoms with E-state index in [1.165, 1.54) is 13.0 Å². The number of carbonyl (C=O) groups is 1. The Labute approximate surface area is 187 Å². The zero-order chi connectivity index (χ0) is 21.9. The van der Waals surface area contributed by atoms with E-state index in [1.807, 2.05) is 0 Å². The summed E-state index contributed by atoms with van der Waals surface area (Å²) in [7, 11) is -3.99. The smallest absolute Gasteiger partial charge is 0.245 e. The first-order valence-electron chi connectivity index (χ1n) is 8.51. The van der Waals surface area contributed by atoms with Crippen LogP contribution in [0.25, 0.3) is 10.6 Å². The number of sulfonamides is 1. The van der Waals surface area contributed by atoms with Crippen molar-refractivity contribution in [1.82, 2.24) is 10.2 Å². The third-order valence-corrected chi connectivity index (χ3v) is 7.19. The number of nitrogens with zero attached hydrogens (tertiary/aromatic N) is 2. The normalized spacial score (nSPS) is 12.2. The molecule has 1 unspecified atom stereocenters. The van der Waals surface area contributed by atoms with Crippen LogP contribution in [0.3, 0.4) is 0 Å². The fourth-order valence-corrected chi connectivity index (χ4v) is 5.75. The standard InChI is InChI=1S/C19H16Cl2N4O3S2/c1-3-16(17-14(20)5-4-6-15(17)21)30(27,28)25-19-24-23-18(29-19)12-7-9-13(10-8-12)22-11(2)26/h3-10,16H,1H2,2H3,(H,22,26)(H,24,25). The van der Waals surface area contributed by atoms with Crippen LogP contribution in [0.4, 0.5) is 10.8 Å². The Bertz CT molecular complexity index is 1170. The van der Waals surface area contributed by atoms with E-state index in [0.29, 0.717) is 10.7 Å². The average molecular weight is 483 g/mol. The molecule has 0 saturated carbocycles. The molecule has 11 heteroatoms. The molecule has 0 radical (unpaired) electrons. The lowest BCUT2D eigenvalue weighted by atomic mass is 10.1. The molecule has 1 aromatic heterocycles. The van der Waals surface area contributed by atoms with E-state index in [0.717, 1.165) is 16.9 Å². The van der Waals surface area contributed by atoms with E-state index in [9.17, 15) is 13.2 Å². The zero-order valence-corrected chi connectivity index (χ0v) is 18.7. The first-order chi connectivity index (χ1) is 14.2. The highest BCUT2D eigenvalue weighted by atomic mass is 35.5. The molecule has 3 aromatic rings. The second-order valence-corrected chi connectivity index (χ2v) is 9.70. The second-order valence-electron chi connectivity index (χ2n) is 6.11. The lowest BCUT2D eigenvalue weighted by Crippen LogP contribution is -2.20. The summed E-state index contributed by atoms with van der Waals surface area (Å²) in [5.74, 6) is -0.175. The van der Waals surface area contributed by atoms with Gasteiger partial charge in [0.15, 0.2) is 0 Å². The molecule has 0 spiro atoms. The number of anilines is 2. The van der Waals surface area contributed by atoms with Crippen molar-refractivity contribution in [2.75, 3.05) is 10.0 Å². The van der Waals surface area contributed by atoms with Gasteiger partial charge in [-0.15, -0.1) is 16.8 Å². The van der Waals surface area contributed by atoms with E-state index >= 15 is 0 Å². The summed E-state index contributed by atoms with van der Waals surface area (Å²) in [6.45, 7) is 5.03. The highest BCUT2D eigenvalue weighted by Crippen LogP contribution is 2.37. The number of hydrogen-bond acceptors (Lipinski definition) is 6. The molecule has 1 heterocycles. The molecule has 0 bridgehead atoms. The van der Waals surface area contributed by atoms with Gasteiger partial charge < -0.3 is 5.32 Å². The largest absolute Gasteiger partial charge is 0.326 e. The Morgan fingerprint density at radius 2 is 1.77 bits per heavy atom. The predicted molar refractivity (Wildman–Crippen MR) is 122 cm³/mol. The molecule has 1 atom stereocenters. The molecule has 1 amide bonds. The van der Waals surface area contributed by atoms with Crippen LogP contribution in [0, 0.1) is 0 Å². The number of carbonyl (C=O) groups excluding carboxylic acids is 1. The number of hydrogen-bond donors (Lipinski definition) is 2. The molecule has 3 rings (SSSR count). The molecule has 0 aliphatic heterocycles. The Kier molecular flexibility index (Phi) is 6.77. The van der Waals surface area contributed by atoms with Crippen molar-refractivity contribution in [2.24, 2.45) is 0 Å². The van der Waals surface area contributed by atoms with E-state index in [-0.39, 0.29) is 26.6 Å². The van der Waals surface area contributed by atoms with Gasteiger partial charge in [-0.05, 0) is 36.4 Å². The van der Waals surface area contributed by atoms with Crippen LogP contribution in [-0.2, 0) is 14.8 Å². The van der Waals surface area contributed by atoms with Gasteiger partial charge in [0.25, 0.3) is 0 Å². The summed E-state index contributed by atoms with van der Waals surface area (Å²) in [6.07, 6.45) is 1.25. The maximum atomic E-state index is 12.9. The maximum absolute atomic E-state index is 12.9. The maximum Gasteiger partial charge on any atom is 0.245 e. The van der Waals surface area contributed by atoms with Crippen LogP contribution in [0.2, 0.25) is 10.0 Å². The molecular formula is C19H16Cl2N4O3S2. The SMILES string of the molecule is C=CC(c1c(Cl)cccc1Cl)S(=O)(=O)Nc1nnc(-c2ccc(NC(C)=O)cc2)s1. The van der Waals surface area contributed by atoms with Crippen molar-refractivity contribution in [2.45, 2.75) is 12.2 Å². The number of benzene rings is 2. The molecule has 2 N–H and O–H groups in total. The van der Waals surface area contributed by atoms with Crippen LogP contribution in [0.15, 0.2) is 55.1 Å². The van der Waals surface area contributed by atoms with Gasteiger partial charge >= 0.3 is 0 Å². The third-order valence-electron chi connectivity index (χ3n) is 3.94. The van der Waals surface area contributed by atoms with Crippen LogP contribution < -0.4 is 10.0 Å². The van der Waals surface area contributed by atoms with Gasteiger partial charge in [-0.25, -0.2) is 8.42 Å². The lowest BCUT2D eigenvalue weighted by Gasteiger charge is -2.17. The van der Waals surface area contributed by atoms with Gasteiger partial charge in [0.05, 0.1) is 0 Å². The van der Waals surface area contributed by atoms with Crippen LogP contribution in [-0.4, -0.2) is 24.5 Å². The van der Waals surface area contributed by atoms with Gasteiger partial charge in [0.1, 0.15) is 10.3 Å². The van der Waals surface area contributed by atoms with Crippen LogP contribution in [0.5, 0.6) is 0 Å². The Balaban J connectivity index is 1.83. The van der Waals surface area contributed by atoms with Crippen molar-refractivity contribution >= 4 is 61.3 Å². The first-order valence-corrected chi connectivity index (χ1v) is 11.6. The molecular weight excluding hydrogens is 467 g/mol. The number of rotatable bonds is 7. The molecule has 0 fully saturated rings. The van der Waals surface area contributed by atoms with Gasteiger partial charge in [0, 0.05) is 33.8 Å². The highest BCUT2D eigenvalue weighted by Gasteiger charge is 2.29. The molecule has 7 nitrogen and oxygen atoms in total. The Hall–Kier alpha value is -2.46. The number of nitrogens with one attached hydrogen (secondary N) is 2. The van der Waals surface area contributed by atoms with Crippen LogP contribution in [0.1, 0.15) is 17.7 Å². The number of amides is 1. The molecule has 30 heavy (non-hydrogen) atoms. The van der Waals surface area contributed by atoms with Crippen molar-refractivity contribution in [3.63, 3.8) is 0 Å². The monoisotopic (exact) mass is 482 g/mol. The van der Waals surface area contributed by atoms with Gasteiger partial charge in [-0.2, -0.15) is 0 Å². The summed E-state index contributed by atoms with van der Waals surface area (Å²) in [6, 6.07) is 11.7. The van der Waals surface area contributed by atoms with Crippen LogP contribution >= 0.6 is 34.5 Å². The topological polar surface area (TPSA) is 101 Å². The Morgan fingerprint density at radius 3 is 2.33 bits per heavy atom. The highest BCUT2D eigenvalue weighted by molar-refractivity contribution is 7.93. The number of aromatic nitrogens is 2. The fourth-order valence-electron chi connectivity index (χ4n) is 2.65. The van der Waals surface area contributed by atoms with Gasteiger partial charge in [-0.3, -0.25) is 9.52 Å². The van der Waals surface area contributed by atoms with E-state index in [1.54, 1.807) is 42.5 Å². The lowest BCUT2D eigenvalue weighted by molar-refractivity contribution is -0.114. The summed E-state index contributed by atoms with van der Waals surface area (Å²) in [5, 5.41) is 10.5. The van der Waals surface area contributed by atoms with Crippen molar-refractivity contribution < 1.29 is 13.2 Å². The average Bonchev–Trinajstić information content (AvgIpc) is 3.12. The predicted octanol–water partition coefficient (Wildman–Crippen LogP) is 5.14. The first kappa shape index (κ1) is 22.2. The zero-order valence-electron chi connectivity index (χ0n) is 15.6. The molecule has 2 aromatic carbocycles. The van der Waals surface area contributed by atoms with Crippen molar-refractivity contribution in [3.05, 3.63) is 70.7 Å². The minimum atomic E-state index is -3.99. The fraction of sp³-hybridized carbons (Fsp3) is 0.105. The van der Waals surface area contributed by atoms with Gasteiger partial charge in [-0.1, -0.05) is 46.7 Å². The molecule has 0 saturated heterocycles. The third kappa shape index (κ3) is 4.99. The molecule has 0 aliphatic rings. The minimum absolute atomic E-state index is 0.0889. The van der Waals surface area contributed by atoms with E-state index in [2.05, 4.69) is 26.8 Å². The summed E-state index contributed by atoms with van der Waals surface area (Å²) < 4.78 is 28.3. The number of halogens is 2.